The second kappa shape index (κ2) is 9.08. The summed E-state index contributed by atoms with van der Waals surface area (Å²) in [7, 11) is 1.31. The van der Waals surface area contributed by atoms with Crippen LogP contribution in [0, 0.1) is 10.1 Å². The van der Waals surface area contributed by atoms with Crippen LogP contribution >= 0.6 is 0 Å². The smallest absolute Gasteiger partial charge is 0.329 e. The molecule has 0 atom stereocenters. The van der Waals surface area contributed by atoms with E-state index in [9.17, 15) is 24.5 Å². The quantitative estimate of drug-likeness (QED) is 0.304. The molecule has 0 bridgehead atoms. The first-order chi connectivity index (χ1) is 14.8. The van der Waals surface area contributed by atoms with Gasteiger partial charge in [-0.25, -0.2) is 9.69 Å². The highest BCUT2D eigenvalue weighted by molar-refractivity contribution is 6.16. The molecule has 160 valence electrons. The Kier molecular flexibility index (Phi) is 6.29. The SMILES string of the molecule is CCc1ccccc1NC(=O)CN1C(=O)N/C(=C/c2ccc(OC)c([N+](=O)[O-])c2)C1=O. The van der Waals surface area contributed by atoms with Crippen LogP contribution in [-0.2, 0) is 16.0 Å². The van der Waals surface area contributed by atoms with Gasteiger partial charge < -0.3 is 15.4 Å². The van der Waals surface area contributed by atoms with E-state index in [1.54, 1.807) is 12.1 Å². The number of hydrogen-bond donors (Lipinski definition) is 2. The Balaban J connectivity index is 1.75. The number of anilines is 1. The summed E-state index contributed by atoms with van der Waals surface area (Å²) in [5.41, 5.74) is 1.49. The third-order valence-corrected chi connectivity index (χ3v) is 4.65. The number of nitro benzene ring substituents is 1. The molecule has 31 heavy (non-hydrogen) atoms. The zero-order valence-corrected chi connectivity index (χ0v) is 16.9. The first kappa shape index (κ1) is 21.5. The third-order valence-electron chi connectivity index (χ3n) is 4.65. The van der Waals surface area contributed by atoms with Crippen molar-refractivity contribution in [3.05, 3.63) is 69.4 Å². The lowest BCUT2D eigenvalue weighted by Crippen LogP contribution is -2.38. The maximum Gasteiger partial charge on any atom is 0.329 e. The topological polar surface area (TPSA) is 131 Å². The lowest BCUT2D eigenvalue weighted by molar-refractivity contribution is -0.385. The number of aryl methyl sites for hydroxylation is 1. The standard InChI is InChI=1S/C21H20N4O6/c1-3-14-6-4-5-7-15(14)22-19(26)12-24-20(27)16(23-21(24)28)10-13-8-9-18(31-2)17(11-13)25(29)30/h4-11H,3,12H2,1-2H3,(H,22,26)(H,23,28)/b16-10+. The Bertz CT molecular complexity index is 1100. The van der Waals surface area contributed by atoms with Crippen molar-refractivity contribution in [1.29, 1.82) is 0 Å². The molecule has 2 N–H and O–H groups in total. The van der Waals surface area contributed by atoms with Crippen molar-refractivity contribution in [3.8, 4) is 5.75 Å². The maximum absolute atomic E-state index is 12.6. The van der Waals surface area contributed by atoms with Crippen LogP contribution in [0.5, 0.6) is 5.75 Å². The van der Waals surface area contributed by atoms with Gasteiger partial charge in [0.05, 0.1) is 12.0 Å². The van der Waals surface area contributed by atoms with Crippen molar-refractivity contribution < 1.29 is 24.0 Å². The Morgan fingerprint density at radius 3 is 2.68 bits per heavy atom. The van der Waals surface area contributed by atoms with E-state index in [1.807, 2.05) is 19.1 Å². The van der Waals surface area contributed by atoms with Gasteiger partial charge in [-0.3, -0.25) is 19.7 Å². The number of nitrogens with one attached hydrogen (secondary N) is 2. The summed E-state index contributed by atoms with van der Waals surface area (Å²) in [6.45, 7) is 1.48. The van der Waals surface area contributed by atoms with Gasteiger partial charge in [0, 0.05) is 11.8 Å². The average molecular weight is 424 g/mol. The van der Waals surface area contributed by atoms with E-state index in [0.29, 0.717) is 17.7 Å². The number of rotatable bonds is 7. The molecule has 0 unspecified atom stereocenters. The Hall–Kier alpha value is -4.21. The molecule has 10 nitrogen and oxygen atoms in total. The number of methoxy groups -OCH3 is 1. The minimum atomic E-state index is -0.752. The van der Waals surface area contributed by atoms with Gasteiger partial charge in [0.1, 0.15) is 12.2 Å². The fourth-order valence-electron chi connectivity index (χ4n) is 3.11. The summed E-state index contributed by atoms with van der Waals surface area (Å²) in [4.78, 5) is 48.5. The van der Waals surface area contributed by atoms with Crippen molar-refractivity contribution in [2.45, 2.75) is 13.3 Å². The molecule has 1 heterocycles. The van der Waals surface area contributed by atoms with E-state index in [0.717, 1.165) is 10.5 Å². The highest BCUT2D eigenvalue weighted by Crippen LogP contribution is 2.28. The molecule has 2 aromatic carbocycles. The summed E-state index contributed by atoms with van der Waals surface area (Å²) in [5.74, 6) is -1.16. The molecule has 1 saturated heterocycles. The molecule has 1 aliphatic heterocycles. The summed E-state index contributed by atoms with van der Waals surface area (Å²) in [6, 6.07) is 10.6. The predicted molar refractivity (Wildman–Crippen MR) is 112 cm³/mol. The first-order valence-corrected chi connectivity index (χ1v) is 9.38. The van der Waals surface area contributed by atoms with Gasteiger partial charge in [0.2, 0.25) is 5.91 Å². The molecular weight excluding hydrogens is 404 g/mol. The van der Waals surface area contributed by atoms with E-state index in [-0.39, 0.29) is 17.1 Å². The second-order valence-electron chi connectivity index (χ2n) is 6.63. The van der Waals surface area contributed by atoms with E-state index in [4.69, 9.17) is 4.74 Å². The van der Waals surface area contributed by atoms with Gasteiger partial charge in [-0.05, 0) is 35.8 Å². The van der Waals surface area contributed by atoms with Gasteiger partial charge in [-0.1, -0.05) is 31.2 Å². The van der Waals surface area contributed by atoms with Crippen molar-refractivity contribution in [2.24, 2.45) is 0 Å². The van der Waals surface area contributed by atoms with Gasteiger partial charge >= 0.3 is 11.7 Å². The van der Waals surface area contributed by atoms with Gasteiger partial charge in [-0.15, -0.1) is 0 Å². The number of urea groups is 1. The van der Waals surface area contributed by atoms with Crippen molar-refractivity contribution in [1.82, 2.24) is 10.2 Å². The maximum atomic E-state index is 12.6. The molecule has 1 fully saturated rings. The van der Waals surface area contributed by atoms with Crippen molar-refractivity contribution >= 4 is 35.3 Å². The van der Waals surface area contributed by atoms with Crippen LogP contribution < -0.4 is 15.4 Å². The molecule has 0 aromatic heterocycles. The first-order valence-electron chi connectivity index (χ1n) is 9.38. The van der Waals surface area contributed by atoms with Gasteiger partial charge in [0.25, 0.3) is 5.91 Å². The van der Waals surface area contributed by atoms with Crippen LogP contribution in [-0.4, -0.2) is 41.3 Å². The lowest BCUT2D eigenvalue weighted by Gasteiger charge is -2.13. The zero-order chi connectivity index (χ0) is 22.5. The predicted octanol–water partition coefficient (Wildman–Crippen LogP) is 2.70. The number of nitro groups is 1. The van der Waals surface area contributed by atoms with Crippen LogP contribution in [0.3, 0.4) is 0 Å². The number of ether oxygens (including phenoxy) is 1. The third kappa shape index (κ3) is 4.69. The fourth-order valence-corrected chi connectivity index (χ4v) is 3.11. The number of para-hydroxylation sites is 1. The number of benzene rings is 2. The molecular formula is C21H20N4O6. The number of nitrogens with zero attached hydrogens (tertiary/aromatic N) is 2. The van der Waals surface area contributed by atoms with Crippen molar-refractivity contribution in [3.63, 3.8) is 0 Å². The summed E-state index contributed by atoms with van der Waals surface area (Å²) < 4.78 is 4.94. The Morgan fingerprint density at radius 1 is 1.26 bits per heavy atom. The second-order valence-corrected chi connectivity index (χ2v) is 6.63. The monoisotopic (exact) mass is 424 g/mol. The lowest BCUT2D eigenvalue weighted by atomic mass is 10.1. The molecule has 0 radical (unpaired) electrons. The highest BCUT2D eigenvalue weighted by atomic mass is 16.6. The fraction of sp³-hybridized carbons (Fsp3) is 0.190. The van der Waals surface area contributed by atoms with Crippen molar-refractivity contribution in [2.75, 3.05) is 19.0 Å². The Morgan fingerprint density at radius 2 is 2.00 bits per heavy atom. The summed E-state index contributed by atoms with van der Waals surface area (Å²) in [5, 5.41) is 16.3. The summed E-state index contributed by atoms with van der Waals surface area (Å²) in [6.07, 6.45) is 2.01. The summed E-state index contributed by atoms with van der Waals surface area (Å²) >= 11 is 0. The van der Waals surface area contributed by atoms with Gasteiger partial charge in [0.15, 0.2) is 5.75 Å². The molecule has 1 aliphatic rings. The minimum Gasteiger partial charge on any atom is -0.490 e. The van der Waals surface area contributed by atoms with E-state index < -0.39 is 29.3 Å². The normalized spacial score (nSPS) is 14.5. The largest absolute Gasteiger partial charge is 0.490 e. The number of amides is 4. The van der Waals surface area contributed by atoms with E-state index in [2.05, 4.69) is 10.6 Å². The molecule has 3 rings (SSSR count). The molecule has 0 aliphatic carbocycles. The van der Waals surface area contributed by atoms with Crippen LogP contribution in [0.4, 0.5) is 16.2 Å². The number of imide groups is 1. The molecule has 0 spiro atoms. The average Bonchev–Trinajstić information content (AvgIpc) is 3.01. The molecule has 0 saturated carbocycles. The van der Waals surface area contributed by atoms with Gasteiger partial charge in [-0.2, -0.15) is 0 Å². The molecule has 10 heteroatoms. The minimum absolute atomic E-state index is 0.0691. The van der Waals surface area contributed by atoms with Crippen LogP contribution in [0.15, 0.2) is 48.2 Å². The highest BCUT2D eigenvalue weighted by Gasteiger charge is 2.35. The number of carbonyl (C=O) groups excluding carboxylic acids is 3. The van der Waals surface area contributed by atoms with Crippen LogP contribution in [0.2, 0.25) is 0 Å². The number of carbonyl (C=O) groups is 3. The van der Waals surface area contributed by atoms with E-state index >= 15 is 0 Å². The number of hydrogen-bond acceptors (Lipinski definition) is 6. The molecule has 4 amide bonds. The molecule has 2 aromatic rings. The Labute approximate surface area is 177 Å². The van der Waals surface area contributed by atoms with Crippen LogP contribution in [0.25, 0.3) is 6.08 Å². The van der Waals surface area contributed by atoms with Crippen LogP contribution in [0.1, 0.15) is 18.1 Å². The zero-order valence-electron chi connectivity index (χ0n) is 16.9. The van der Waals surface area contributed by atoms with E-state index in [1.165, 1.54) is 31.4 Å².